The highest BCUT2D eigenvalue weighted by Gasteiger charge is 2.25. The second kappa shape index (κ2) is 10.5. The summed E-state index contributed by atoms with van der Waals surface area (Å²) in [7, 11) is 0. The first-order chi connectivity index (χ1) is 18.1. The van der Waals surface area contributed by atoms with Crippen LogP contribution in [0.15, 0.2) is 60.7 Å². The van der Waals surface area contributed by atoms with E-state index in [2.05, 4.69) is 46.6 Å². The van der Waals surface area contributed by atoms with Gasteiger partial charge in [0.05, 0.1) is 6.67 Å². The molecule has 6 rings (SSSR count). The van der Waals surface area contributed by atoms with Gasteiger partial charge in [-0.1, -0.05) is 24.3 Å². The first-order valence-corrected chi connectivity index (χ1v) is 13.3. The normalized spacial score (nSPS) is 20.8. The summed E-state index contributed by atoms with van der Waals surface area (Å²) >= 11 is 0. The number of rotatable bonds is 7. The van der Waals surface area contributed by atoms with Crippen molar-refractivity contribution in [1.82, 2.24) is 4.90 Å². The van der Waals surface area contributed by atoms with Crippen molar-refractivity contribution in [3.63, 3.8) is 0 Å². The molecule has 0 amide bonds. The molecular formula is C31H33FN2O3. The van der Waals surface area contributed by atoms with Crippen LogP contribution in [0.3, 0.4) is 0 Å². The second-order valence-electron chi connectivity index (χ2n) is 10.2. The van der Waals surface area contributed by atoms with E-state index in [4.69, 9.17) is 9.47 Å². The number of phenolic OH excluding ortho intramolecular Hbond substituents is 1. The van der Waals surface area contributed by atoms with E-state index in [1.807, 2.05) is 18.2 Å². The van der Waals surface area contributed by atoms with Crippen molar-refractivity contribution in [2.45, 2.75) is 37.9 Å². The maximum absolute atomic E-state index is 12.5. The van der Waals surface area contributed by atoms with Gasteiger partial charge >= 0.3 is 0 Å². The predicted octanol–water partition coefficient (Wildman–Crippen LogP) is 6.24. The zero-order chi connectivity index (χ0) is 25.2. The Hall–Kier alpha value is -3.51. The number of hydrogen-bond donors (Lipinski definition) is 2. The molecule has 1 unspecified atom stereocenters. The Bertz CT molecular complexity index is 1290. The van der Waals surface area contributed by atoms with Gasteiger partial charge in [-0.3, -0.25) is 9.29 Å². The minimum Gasteiger partial charge on any atom is -0.508 e. The molecule has 6 heteroatoms. The number of aromatic hydroxyl groups is 1. The van der Waals surface area contributed by atoms with Crippen molar-refractivity contribution in [3.05, 3.63) is 82.9 Å². The Morgan fingerprint density at radius 2 is 1.97 bits per heavy atom. The standard InChI is InChI=1S/C31H33FN2O3/c32-12-1-14-34-15-11-28(20-34)36-27-8-5-22(6-9-27)30-18-25(16-24-4-7-26(35)19-31(24)37-30)23-3-2-21-10-13-33-29(21)17-23/h2-9,16-17,19,28,30,33,35H,1,10-15,18,20H2/t28-,30?/m0/s1. The number of hydrogen-bond acceptors (Lipinski definition) is 5. The molecule has 2 atom stereocenters. The van der Waals surface area contributed by atoms with Crippen LogP contribution in [-0.4, -0.2) is 49.0 Å². The van der Waals surface area contributed by atoms with E-state index in [9.17, 15) is 9.50 Å². The third-order valence-corrected chi connectivity index (χ3v) is 7.58. The maximum atomic E-state index is 12.5. The molecule has 3 aliphatic heterocycles. The molecule has 3 aromatic rings. The van der Waals surface area contributed by atoms with Crippen LogP contribution in [0.4, 0.5) is 10.1 Å². The minimum atomic E-state index is -0.267. The number of ether oxygens (including phenoxy) is 2. The number of anilines is 1. The van der Waals surface area contributed by atoms with E-state index in [-0.39, 0.29) is 24.6 Å². The number of likely N-dealkylation sites (tertiary alicyclic amines) is 1. The second-order valence-corrected chi connectivity index (χ2v) is 10.2. The molecule has 0 radical (unpaired) electrons. The molecule has 5 nitrogen and oxygen atoms in total. The molecule has 2 N–H and O–H groups in total. The molecule has 0 bridgehead atoms. The lowest BCUT2D eigenvalue weighted by atomic mass is 9.94. The topological polar surface area (TPSA) is 54.0 Å². The first kappa shape index (κ1) is 23.9. The average molecular weight is 501 g/mol. The molecule has 3 heterocycles. The van der Waals surface area contributed by atoms with Gasteiger partial charge in [0.2, 0.25) is 0 Å². The quantitative estimate of drug-likeness (QED) is 0.402. The van der Waals surface area contributed by atoms with E-state index in [1.54, 1.807) is 12.1 Å². The van der Waals surface area contributed by atoms with E-state index in [0.717, 1.165) is 55.9 Å². The SMILES string of the molecule is Oc1ccc2c(c1)OC(c1ccc(O[C@H]3CCN(CCCF)C3)cc1)CC(c1ccc3c(c1)NCC3)=C2. The molecule has 0 saturated carbocycles. The van der Waals surface area contributed by atoms with Crippen molar-refractivity contribution in [3.8, 4) is 17.2 Å². The van der Waals surface area contributed by atoms with Gasteiger partial charge in [-0.25, -0.2) is 0 Å². The van der Waals surface area contributed by atoms with Crippen LogP contribution in [0.2, 0.25) is 0 Å². The molecule has 37 heavy (non-hydrogen) atoms. The van der Waals surface area contributed by atoms with Gasteiger partial charge < -0.3 is 19.9 Å². The van der Waals surface area contributed by atoms with Gasteiger partial charge in [-0.05, 0) is 77.9 Å². The molecule has 0 spiro atoms. The third kappa shape index (κ3) is 5.30. The van der Waals surface area contributed by atoms with Gasteiger partial charge in [-0.2, -0.15) is 0 Å². The molecule has 0 aromatic heterocycles. The highest BCUT2D eigenvalue weighted by Crippen LogP contribution is 2.41. The van der Waals surface area contributed by atoms with Crippen LogP contribution in [0.25, 0.3) is 11.6 Å². The highest BCUT2D eigenvalue weighted by atomic mass is 19.1. The minimum absolute atomic E-state index is 0.136. The Kier molecular flexibility index (Phi) is 6.75. The molecule has 1 saturated heterocycles. The van der Waals surface area contributed by atoms with Crippen LogP contribution < -0.4 is 14.8 Å². The van der Waals surface area contributed by atoms with Crippen LogP contribution in [-0.2, 0) is 6.42 Å². The summed E-state index contributed by atoms with van der Waals surface area (Å²) in [6, 6.07) is 20.2. The van der Waals surface area contributed by atoms with Gasteiger partial charge in [0.15, 0.2) is 0 Å². The number of halogens is 1. The van der Waals surface area contributed by atoms with Crippen molar-refractivity contribution in [2.24, 2.45) is 0 Å². The van der Waals surface area contributed by atoms with Gasteiger partial charge in [0.1, 0.15) is 29.5 Å². The number of phenols is 1. The van der Waals surface area contributed by atoms with Crippen molar-refractivity contribution >= 4 is 17.3 Å². The number of alkyl halides is 1. The Balaban J connectivity index is 1.22. The number of benzene rings is 3. The highest BCUT2D eigenvalue weighted by molar-refractivity contribution is 5.86. The predicted molar refractivity (Wildman–Crippen MR) is 145 cm³/mol. The monoisotopic (exact) mass is 500 g/mol. The zero-order valence-electron chi connectivity index (χ0n) is 21.0. The summed E-state index contributed by atoms with van der Waals surface area (Å²) in [6.07, 6.45) is 5.43. The summed E-state index contributed by atoms with van der Waals surface area (Å²) in [5, 5.41) is 13.6. The molecule has 1 fully saturated rings. The summed E-state index contributed by atoms with van der Waals surface area (Å²) in [5.74, 6) is 1.71. The molecular weight excluding hydrogens is 467 g/mol. The van der Waals surface area contributed by atoms with Crippen LogP contribution in [0.1, 0.15) is 47.6 Å². The fourth-order valence-electron chi connectivity index (χ4n) is 5.60. The Morgan fingerprint density at radius 1 is 1.08 bits per heavy atom. The van der Waals surface area contributed by atoms with Crippen molar-refractivity contribution < 1.29 is 19.0 Å². The summed E-state index contributed by atoms with van der Waals surface area (Å²) < 4.78 is 25.2. The lowest BCUT2D eigenvalue weighted by molar-refractivity contribution is 0.197. The fraction of sp³-hybridized carbons (Fsp3) is 0.355. The van der Waals surface area contributed by atoms with Crippen LogP contribution >= 0.6 is 0 Å². The summed E-state index contributed by atoms with van der Waals surface area (Å²) in [6.45, 7) is 3.31. The number of nitrogens with one attached hydrogen (secondary N) is 1. The zero-order valence-corrected chi connectivity index (χ0v) is 21.0. The van der Waals surface area contributed by atoms with E-state index < -0.39 is 0 Å². The molecule has 0 aliphatic carbocycles. The third-order valence-electron chi connectivity index (χ3n) is 7.58. The largest absolute Gasteiger partial charge is 0.508 e. The van der Waals surface area contributed by atoms with Crippen molar-refractivity contribution in [1.29, 1.82) is 0 Å². The van der Waals surface area contributed by atoms with Gasteiger partial charge in [0.25, 0.3) is 0 Å². The Labute approximate surface area is 217 Å². The molecule has 3 aliphatic rings. The lowest BCUT2D eigenvalue weighted by Gasteiger charge is -2.21. The molecule has 192 valence electrons. The van der Waals surface area contributed by atoms with Crippen LogP contribution in [0.5, 0.6) is 17.2 Å². The van der Waals surface area contributed by atoms with Crippen LogP contribution in [0, 0.1) is 0 Å². The van der Waals surface area contributed by atoms with E-state index in [0.29, 0.717) is 18.6 Å². The smallest absolute Gasteiger partial charge is 0.131 e. The fourth-order valence-corrected chi connectivity index (χ4v) is 5.60. The van der Waals surface area contributed by atoms with Crippen molar-refractivity contribution in [2.75, 3.05) is 38.2 Å². The maximum Gasteiger partial charge on any atom is 0.131 e. The van der Waals surface area contributed by atoms with Gasteiger partial charge in [0, 0.05) is 49.9 Å². The summed E-state index contributed by atoms with van der Waals surface area (Å²) in [4.78, 5) is 2.27. The Morgan fingerprint density at radius 3 is 2.84 bits per heavy atom. The molecule has 3 aromatic carbocycles. The van der Waals surface area contributed by atoms with Gasteiger partial charge in [-0.15, -0.1) is 0 Å². The van der Waals surface area contributed by atoms with E-state index in [1.165, 1.54) is 22.4 Å². The lowest BCUT2D eigenvalue weighted by Crippen LogP contribution is -2.26. The number of fused-ring (bicyclic) bond motifs is 2. The number of nitrogens with zero attached hydrogens (tertiary/aromatic N) is 1. The van der Waals surface area contributed by atoms with E-state index >= 15 is 0 Å². The summed E-state index contributed by atoms with van der Waals surface area (Å²) in [5.41, 5.74) is 6.97. The average Bonchev–Trinajstić information content (AvgIpc) is 3.52. The first-order valence-electron chi connectivity index (χ1n) is 13.3.